The van der Waals surface area contributed by atoms with Gasteiger partial charge in [-0.3, -0.25) is 9.78 Å². The summed E-state index contributed by atoms with van der Waals surface area (Å²) in [6.07, 6.45) is 1.64. The molecular formula is C15H7Cl4N3O. The average Bonchev–Trinajstić information content (AvgIpc) is 2.56. The molecule has 0 radical (unpaired) electrons. The summed E-state index contributed by atoms with van der Waals surface area (Å²) in [5, 5.41) is 3.42. The van der Waals surface area contributed by atoms with Crippen LogP contribution in [0.25, 0.3) is 10.9 Å². The predicted molar refractivity (Wildman–Crippen MR) is 94.0 cm³/mol. The van der Waals surface area contributed by atoms with Crippen molar-refractivity contribution in [3.63, 3.8) is 0 Å². The van der Waals surface area contributed by atoms with Gasteiger partial charge in [0.15, 0.2) is 0 Å². The van der Waals surface area contributed by atoms with Crippen LogP contribution in [0.1, 0.15) is 10.5 Å². The smallest absolute Gasteiger partial charge is 0.275 e. The van der Waals surface area contributed by atoms with Crippen LogP contribution in [0.2, 0.25) is 20.2 Å². The molecule has 0 unspecified atom stereocenters. The summed E-state index contributed by atoms with van der Waals surface area (Å²) in [6, 6.07) is 9.11. The second-order valence-corrected chi connectivity index (χ2v) is 6.02. The Labute approximate surface area is 151 Å². The van der Waals surface area contributed by atoms with E-state index >= 15 is 0 Å². The van der Waals surface area contributed by atoms with E-state index < -0.39 is 5.91 Å². The number of rotatable bonds is 2. The maximum absolute atomic E-state index is 12.4. The fraction of sp³-hybridized carbons (Fsp3) is 0. The number of anilines is 1. The lowest BCUT2D eigenvalue weighted by Gasteiger charge is -2.10. The number of para-hydroxylation sites is 1. The highest BCUT2D eigenvalue weighted by atomic mass is 35.5. The normalized spacial score (nSPS) is 10.8. The lowest BCUT2D eigenvalue weighted by Crippen LogP contribution is -2.15. The highest BCUT2D eigenvalue weighted by molar-refractivity contribution is 6.52. The Morgan fingerprint density at radius 1 is 0.957 bits per heavy atom. The van der Waals surface area contributed by atoms with E-state index in [4.69, 9.17) is 46.4 Å². The number of nitrogens with zero attached hydrogens (tertiary/aromatic N) is 2. The number of hydrogen-bond donors (Lipinski definition) is 1. The van der Waals surface area contributed by atoms with E-state index in [2.05, 4.69) is 15.3 Å². The quantitative estimate of drug-likeness (QED) is 0.592. The molecule has 4 nitrogen and oxygen atoms in total. The number of carbonyl (C=O) groups is 1. The number of halogens is 4. The fourth-order valence-electron chi connectivity index (χ4n) is 2.02. The van der Waals surface area contributed by atoms with Gasteiger partial charge in [0, 0.05) is 11.6 Å². The van der Waals surface area contributed by atoms with Gasteiger partial charge in [-0.05, 0) is 12.1 Å². The fourth-order valence-corrected chi connectivity index (χ4v) is 2.84. The minimum Gasteiger partial charge on any atom is -0.319 e. The summed E-state index contributed by atoms with van der Waals surface area (Å²) in [6.45, 7) is 0. The molecule has 3 aromatic rings. The minimum atomic E-state index is -0.561. The van der Waals surface area contributed by atoms with Crippen molar-refractivity contribution in [1.82, 2.24) is 9.97 Å². The van der Waals surface area contributed by atoms with E-state index in [-0.39, 0.29) is 25.9 Å². The van der Waals surface area contributed by atoms with Crippen molar-refractivity contribution in [2.24, 2.45) is 0 Å². The molecule has 1 aromatic carbocycles. The molecule has 0 spiro atoms. The van der Waals surface area contributed by atoms with E-state index in [0.717, 1.165) is 5.39 Å². The van der Waals surface area contributed by atoms with Crippen molar-refractivity contribution in [2.75, 3.05) is 5.32 Å². The van der Waals surface area contributed by atoms with Gasteiger partial charge < -0.3 is 5.32 Å². The second-order valence-electron chi connectivity index (χ2n) is 4.53. The van der Waals surface area contributed by atoms with Crippen LogP contribution in [0.4, 0.5) is 5.69 Å². The molecule has 1 amide bonds. The Morgan fingerprint density at radius 3 is 2.48 bits per heavy atom. The van der Waals surface area contributed by atoms with Crippen molar-refractivity contribution in [2.45, 2.75) is 0 Å². The van der Waals surface area contributed by atoms with E-state index in [1.165, 1.54) is 0 Å². The van der Waals surface area contributed by atoms with E-state index in [1.54, 1.807) is 18.3 Å². The standard InChI is InChI=1S/C15H7Cl4N3O/c16-9-10(17)13(22-14(19)11(9)18)15(23)21-8-5-1-3-7-4-2-6-20-12(7)8/h1-6H,(H,21,23). The number of pyridine rings is 2. The Bertz CT molecular complexity index is 925. The van der Waals surface area contributed by atoms with Crippen LogP contribution in [-0.4, -0.2) is 15.9 Å². The molecule has 0 aliphatic rings. The van der Waals surface area contributed by atoms with Crippen LogP contribution in [-0.2, 0) is 0 Å². The van der Waals surface area contributed by atoms with Gasteiger partial charge >= 0.3 is 0 Å². The van der Waals surface area contributed by atoms with Gasteiger partial charge in [-0.1, -0.05) is 64.6 Å². The van der Waals surface area contributed by atoms with Gasteiger partial charge in [-0.25, -0.2) is 4.98 Å². The number of fused-ring (bicyclic) bond motifs is 1. The first-order chi connectivity index (χ1) is 11.0. The third-order valence-electron chi connectivity index (χ3n) is 3.08. The molecule has 2 heterocycles. The number of aromatic nitrogens is 2. The van der Waals surface area contributed by atoms with Crippen LogP contribution < -0.4 is 5.32 Å². The molecular weight excluding hydrogens is 380 g/mol. The van der Waals surface area contributed by atoms with Crippen molar-refractivity contribution in [1.29, 1.82) is 0 Å². The van der Waals surface area contributed by atoms with Crippen LogP contribution >= 0.6 is 46.4 Å². The number of carbonyl (C=O) groups excluding carboxylic acids is 1. The highest BCUT2D eigenvalue weighted by Crippen LogP contribution is 2.36. The number of nitrogens with one attached hydrogen (secondary N) is 1. The van der Waals surface area contributed by atoms with Crippen LogP contribution in [0, 0.1) is 0 Å². The minimum absolute atomic E-state index is 0.00158. The van der Waals surface area contributed by atoms with Crippen LogP contribution in [0.3, 0.4) is 0 Å². The molecule has 0 saturated heterocycles. The first-order valence-corrected chi connectivity index (χ1v) is 7.85. The van der Waals surface area contributed by atoms with Crippen molar-refractivity contribution in [3.8, 4) is 0 Å². The highest BCUT2D eigenvalue weighted by Gasteiger charge is 2.21. The summed E-state index contributed by atoms with van der Waals surface area (Å²) < 4.78 is 0. The van der Waals surface area contributed by atoms with E-state index in [0.29, 0.717) is 11.2 Å². The van der Waals surface area contributed by atoms with E-state index in [9.17, 15) is 4.79 Å². The monoisotopic (exact) mass is 385 g/mol. The zero-order chi connectivity index (χ0) is 16.6. The van der Waals surface area contributed by atoms with Gasteiger partial charge in [0.2, 0.25) is 0 Å². The topological polar surface area (TPSA) is 54.9 Å². The summed E-state index contributed by atoms with van der Waals surface area (Å²) in [5.74, 6) is -0.561. The Morgan fingerprint density at radius 2 is 1.70 bits per heavy atom. The SMILES string of the molecule is O=C(Nc1cccc2cccnc12)c1nc(Cl)c(Cl)c(Cl)c1Cl. The number of hydrogen-bond acceptors (Lipinski definition) is 3. The Balaban J connectivity index is 2.02. The first kappa shape index (κ1) is 16.3. The van der Waals surface area contributed by atoms with E-state index in [1.807, 2.05) is 18.2 Å². The van der Waals surface area contributed by atoms with Gasteiger partial charge in [0.1, 0.15) is 10.8 Å². The van der Waals surface area contributed by atoms with Crippen molar-refractivity contribution in [3.05, 3.63) is 62.4 Å². The maximum Gasteiger partial charge on any atom is 0.275 e. The molecule has 116 valence electrons. The van der Waals surface area contributed by atoms with Crippen molar-refractivity contribution < 1.29 is 4.79 Å². The van der Waals surface area contributed by atoms with Crippen LogP contribution in [0.15, 0.2) is 36.5 Å². The third kappa shape index (κ3) is 3.08. The molecule has 0 aliphatic heterocycles. The largest absolute Gasteiger partial charge is 0.319 e. The molecule has 8 heteroatoms. The summed E-state index contributed by atoms with van der Waals surface area (Å²) >= 11 is 23.7. The zero-order valence-corrected chi connectivity index (χ0v) is 14.3. The Kier molecular flexibility index (Phi) is 4.60. The number of benzene rings is 1. The predicted octanol–water partition coefficient (Wildman–Crippen LogP) is 5.50. The molecule has 2 aromatic heterocycles. The lowest BCUT2D eigenvalue weighted by atomic mass is 10.2. The van der Waals surface area contributed by atoms with Gasteiger partial charge in [0.25, 0.3) is 5.91 Å². The summed E-state index contributed by atoms with van der Waals surface area (Å²) in [5.41, 5.74) is 1.05. The van der Waals surface area contributed by atoms with Crippen LogP contribution in [0.5, 0.6) is 0 Å². The molecule has 0 fully saturated rings. The third-order valence-corrected chi connectivity index (χ3v) is 4.76. The van der Waals surface area contributed by atoms with Gasteiger partial charge in [-0.2, -0.15) is 0 Å². The second kappa shape index (κ2) is 6.49. The molecule has 0 saturated carbocycles. The molecule has 1 N–H and O–H groups in total. The molecule has 3 rings (SSSR count). The summed E-state index contributed by atoms with van der Waals surface area (Å²) in [4.78, 5) is 20.6. The first-order valence-electron chi connectivity index (χ1n) is 6.34. The Hall–Kier alpha value is -1.59. The zero-order valence-electron chi connectivity index (χ0n) is 11.3. The summed E-state index contributed by atoms with van der Waals surface area (Å²) in [7, 11) is 0. The average molecular weight is 387 g/mol. The number of amides is 1. The molecule has 0 atom stereocenters. The molecule has 0 aliphatic carbocycles. The van der Waals surface area contributed by atoms with Crippen molar-refractivity contribution >= 4 is 68.9 Å². The van der Waals surface area contributed by atoms with Gasteiger partial charge in [-0.15, -0.1) is 0 Å². The molecule has 0 bridgehead atoms. The maximum atomic E-state index is 12.4. The lowest BCUT2D eigenvalue weighted by molar-refractivity contribution is 0.102. The molecule has 23 heavy (non-hydrogen) atoms. The van der Waals surface area contributed by atoms with Gasteiger partial charge in [0.05, 0.1) is 26.3 Å².